The zero-order chi connectivity index (χ0) is 13.8. The van der Waals surface area contributed by atoms with E-state index < -0.39 is 0 Å². The lowest BCUT2D eigenvalue weighted by molar-refractivity contribution is 0.579. The van der Waals surface area contributed by atoms with Gasteiger partial charge in [0.25, 0.3) is 0 Å². The van der Waals surface area contributed by atoms with Crippen molar-refractivity contribution in [3.63, 3.8) is 0 Å². The molecule has 0 atom stereocenters. The maximum absolute atomic E-state index is 6.01. The van der Waals surface area contributed by atoms with Gasteiger partial charge < -0.3 is 5.01 Å². The fraction of sp³-hybridized carbons (Fsp3) is 0.133. The maximum atomic E-state index is 6.01. The first kappa shape index (κ1) is 13.2. The summed E-state index contributed by atoms with van der Waals surface area (Å²) in [6, 6.07) is 14.4. The van der Waals surface area contributed by atoms with Gasteiger partial charge in [-0.25, -0.2) is 4.98 Å². The number of nitrogens with zero attached hydrogens (tertiary/aromatic N) is 3. The van der Waals surface area contributed by atoms with E-state index in [9.17, 15) is 0 Å². The third-order valence-corrected chi connectivity index (χ3v) is 4.21. The Kier molecular flexibility index (Phi) is 4.04. The van der Waals surface area contributed by atoms with Crippen LogP contribution in [0.5, 0.6) is 0 Å². The molecule has 0 N–H and O–H groups in total. The predicted octanol–water partition coefficient (Wildman–Crippen LogP) is 3.94. The summed E-state index contributed by atoms with van der Waals surface area (Å²) in [5.41, 5.74) is 1.27. The van der Waals surface area contributed by atoms with Crippen molar-refractivity contribution in [2.75, 3.05) is 5.01 Å². The summed E-state index contributed by atoms with van der Waals surface area (Å²) in [7, 11) is 0. The standard InChI is InChI=1S/C15H14ClN3S/c16-15-7-6-14(20-15)11-19(18-9-8-17-12-18)10-13-4-2-1-3-5-13/h1-9,12H,10-11H2. The number of hydrogen-bond acceptors (Lipinski definition) is 3. The highest BCUT2D eigenvalue weighted by molar-refractivity contribution is 7.16. The third kappa shape index (κ3) is 3.21. The van der Waals surface area contributed by atoms with Crippen LogP contribution in [0.15, 0.2) is 61.2 Å². The first-order valence-electron chi connectivity index (χ1n) is 6.32. The lowest BCUT2D eigenvalue weighted by atomic mass is 10.2. The highest BCUT2D eigenvalue weighted by Gasteiger charge is 2.09. The molecule has 0 fully saturated rings. The van der Waals surface area contributed by atoms with E-state index in [4.69, 9.17) is 11.6 Å². The molecule has 5 heteroatoms. The van der Waals surface area contributed by atoms with Gasteiger partial charge in [0.1, 0.15) is 6.33 Å². The second-order valence-electron chi connectivity index (χ2n) is 4.46. The molecule has 3 nitrogen and oxygen atoms in total. The van der Waals surface area contributed by atoms with Crippen LogP contribution in [0, 0.1) is 0 Å². The SMILES string of the molecule is Clc1ccc(CN(Cc2ccccc2)n2ccnc2)s1. The van der Waals surface area contributed by atoms with Crippen LogP contribution in [0.3, 0.4) is 0 Å². The second-order valence-corrected chi connectivity index (χ2v) is 6.26. The molecule has 3 aromatic rings. The van der Waals surface area contributed by atoms with E-state index in [1.54, 1.807) is 17.5 Å². The van der Waals surface area contributed by atoms with Gasteiger partial charge in [-0.05, 0) is 17.7 Å². The second kappa shape index (κ2) is 6.11. The Morgan fingerprint density at radius 2 is 1.95 bits per heavy atom. The minimum Gasteiger partial charge on any atom is -0.302 e. The molecular formula is C15H14ClN3S. The first-order valence-corrected chi connectivity index (χ1v) is 7.52. The van der Waals surface area contributed by atoms with Crippen molar-refractivity contribution >= 4 is 22.9 Å². The van der Waals surface area contributed by atoms with Crippen molar-refractivity contribution in [3.05, 3.63) is 76.0 Å². The lowest BCUT2D eigenvalue weighted by Crippen LogP contribution is -2.32. The Bertz CT molecular complexity index is 649. The molecule has 0 spiro atoms. The number of aromatic nitrogens is 2. The van der Waals surface area contributed by atoms with E-state index in [2.05, 4.69) is 40.3 Å². The minimum atomic E-state index is 0.808. The number of imidazole rings is 1. The fourth-order valence-corrected chi connectivity index (χ4v) is 3.15. The van der Waals surface area contributed by atoms with E-state index in [0.717, 1.165) is 17.4 Å². The molecule has 0 unspecified atom stereocenters. The van der Waals surface area contributed by atoms with Crippen LogP contribution in [-0.4, -0.2) is 9.66 Å². The van der Waals surface area contributed by atoms with Crippen molar-refractivity contribution in [2.24, 2.45) is 0 Å². The summed E-state index contributed by atoms with van der Waals surface area (Å²) in [6.07, 6.45) is 5.57. The molecule has 0 saturated carbocycles. The van der Waals surface area contributed by atoms with Crippen molar-refractivity contribution in [2.45, 2.75) is 13.1 Å². The topological polar surface area (TPSA) is 21.1 Å². The Morgan fingerprint density at radius 3 is 2.60 bits per heavy atom. The molecule has 0 radical (unpaired) electrons. The van der Waals surface area contributed by atoms with Gasteiger partial charge in [-0.3, -0.25) is 4.68 Å². The van der Waals surface area contributed by atoms with Gasteiger partial charge in [-0.15, -0.1) is 11.3 Å². The van der Waals surface area contributed by atoms with Gasteiger partial charge in [0.15, 0.2) is 0 Å². The number of hydrogen-bond donors (Lipinski definition) is 0. The fourth-order valence-electron chi connectivity index (χ4n) is 2.05. The Hall–Kier alpha value is -1.78. The van der Waals surface area contributed by atoms with E-state index in [-0.39, 0.29) is 0 Å². The van der Waals surface area contributed by atoms with Crippen molar-refractivity contribution in [1.29, 1.82) is 0 Å². The summed E-state index contributed by atoms with van der Waals surface area (Å²) in [5, 5.41) is 2.23. The van der Waals surface area contributed by atoms with Crippen LogP contribution in [0.4, 0.5) is 0 Å². The number of thiophene rings is 1. The minimum absolute atomic E-state index is 0.808. The zero-order valence-electron chi connectivity index (χ0n) is 10.8. The molecule has 1 aromatic carbocycles. The molecule has 2 heterocycles. The van der Waals surface area contributed by atoms with Crippen LogP contribution in [0.1, 0.15) is 10.4 Å². The van der Waals surface area contributed by atoms with Crippen LogP contribution >= 0.6 is 22.9 Å². The van der Waals surface area contributed by atoms with Gasteiger partial charge >= 0.3 is 0 Å². The van der Waals surface area contributed by atoms with E-state index in [1.807, 2.05) is 29.3 Å². The summed E-state index contributed by atoms with van der Waals surface area (Å²) in [5.74, 6) is 0. The molecule has 102 valence electrons. The highest BCUT2D eigenvalue weighted by atomic mass is 35.5. The number of benzene rings is 1. The summed E-state index contributed by atoms with van der Waals surface area (Å²) in [4.78, 5) is 5.37. The molecule has 0 aliphatic heterocycles. The average Bonchev–Trinajstić information content (AvgIpc) is 3.11. The summed E-state index contributed by atoms with van der Waals surface area (Å²) < 4.78 is 2.84. The van der Waals surface area contributed by atoms with Crippen molar-refractivity contribution in [1.82, 2.24) is 9.66 Å². The molecule has 0 amide bonds. The Morgan fingerprint density at radius 1 is 1.10 bits per heavy atom. The van der Waals surface area contributed by atoms with Gasteiger partial charge in [-0.1, -0.05) is 41.9 Å². The molecule has 0 bridgehead atoms. The smallest absolute Gasteiger partial charge is 0.114 e. The average molecular weight is 304 g/mol. The van der Waals surface area contributed by atoms with Crippen molar-refractivity contribution in [3.8, 4) is 0 Å². The Balaban J connectivity index is 1.81. The quantitative estimate of drug-likeness (QED) is 0.712. The van der Waals surface area contributed by atoms with Crippen LogP contribution in [0.2, 0.25) is 4.34 Å². The normalized spacial score (nSPS) is 10.7. The largest absolute Gasteiger partial charge is 0.302 e. The number of rotatable bonds is 5. The first-order chi connectivity index (χ1) is 9.81. The zero-order valence-corrected chi connectivity index (χ0v) is 12.4. The monoisotopic (exact) mass is 303 g/mol. The molecule has 0 aliphatic carbocycles. The van der Waals surface area contributed by atoms with E-state index in [1.165, 1.54) is 10.4 Å². The predicted molar refractivity (Wildman–Crippen MR) is 83.6 cm³/mol. The van der Waals surface area contributed by atoms with Gasteiger partial charge in [0.05, 0.1) is 17.4 Å². The summed E-state index contributed by atoms with van der Waals surface area (Å²) >= 11 is 7.62. The van der Waals surface area contributed by atoms with E-state index in [0.29, 0.717) is 0 Å². The highest BCUT2D eigenvalue weighted by Crippen LogP contribution is 2.23. The molecule has 0 saturated heterocycles. The van der Waals surface area contributed by atoms with Gasteiger partial charge in [0.2, 0.25) is 0 Å². The lowest BCUT2D eigenvalue weighted by Gasteiger charge is -2.25. The van der Waals surface area contributed by atoms with Crippen molar-refractivity contribution < 1.29 is 0 Å². The van der Waals surface area contributed by atoms with Gasteiger partial charge in [-0.2, -0.15) is 0 Å². The number of halogens is 1. The third-order valence-electron chi connectivity index (χ3n) is 2.99. The Labute approximate surface area is 127 Å². The molecule has 2 aromatic heterocycles. The molecular weight excluding hydrogens is 290 g/mol. The molecule has 0 aliphatic rings. The van der Waals surface area contributed by atoms with Crippen LogP contribution in [0.25, 0.3) is 0 Å². The summed E-state index contributed by atoms with van der Waals surface area (Å²) in [6.45, 7) is 1.63. The van der Waals surface area contributed by atoms with Crippen LogP contribution in [-0.2, 0) is 13.1 Å². The van der Waals surface area contributed by atoms with Gasteiger partial charge in [0, 0.05) is 17.3 Å². The van der Waals surface area contributed by atoms with Crippen LogP contribution < -0.4 is 5.01 Å². The van der Waals surface area contributed by atoms with E-state index >= 15 is 0 Å². The maximum Gasteiger partial charge on any atom is 0.114 e. The molecule has 20 heavy (non-hydrogen) atoms. The molecule has 3 rings (SSSR count).